The first-order valence-electron chi connectivity index (χ1n) is 10.8. The Balaban J connectivity index is 1.55. The van der Waals surface area contributed by atoms with Crippen molar-refractivity contribution in [3.63, 3.8) is 0 Å². The van der Waals surface area contributed by atoms with Crippen molar-refractivity contribution in [2.45, 2.75) is 31.7 Å². The topological polar surface area (TPSA) is 61.4 Å². The summed E-state index contributed by atoms with van der Waals surface area (Å²) < 4.78 is 0. The van der Waals surface area contributed by atoms with Crippen LogP contribution < -0.4 is 15.5 Å². The van der Waals surface area contributed by atoms with Gasteiger partial charge in [-0.25, -0.2) is 4.79 Å². The van der Waals surface area contributed by atoms with Gasteiger partial charge in [0.2, 0.25) is 5.91 Å². The molecule has 0 saturated heterocycles. The van der Waals surface area contributed by atoms with Crippen LogP contribution >= 0.6 is 0 Å². The second-order valence-corrected chi connectivity index (χ2v) is 7.78. The van der Waals surface area contributed by atoms with Crippen molar-refractivity contribution in [2.75, 3.05) is 16.8 Å². The van der Waals surface area contributed by atoms with E-state index in [1.807, 2.05) is 78.9 Å². The maximum atomic E-state index is 13.3. The van der Waals surface area contributed by atoms with Gasteiger partial charge >= 0.3 is 6.03 Å². The number of benzene rings is 3. The van der Waals surface area contributed by atoms with Crippen molar-refractivity contribution in [1.82, 2.24) is 5.32 Å². The molecule has 1 aliphatic heterocycles. The summed E-state index contributed by atoms with van der Waals surface area (Å²) in [6.45, 7) is 0.640. The smallest absolute Gasteiger partial charge is 0.322 e. The van der Waals surface area contributed by atoms with Crippen LogP contribution in [0.25, 0.3) is 0 Å². The lowest BCUT2D eigenvalue weighted by Gasteiger charge is -2.26. The van der Waals surface area contributed by atoms with Crippen LogP contribution in [0, 0.1) is 0 Å². The van der Waals surface area contributed by atoms with Crippen molar-refractivity contribution < 1.29 is 9.59 Å². The second kappa shape index (κ2) is 9.94. The van der Waals surface area contributed by atoms with Crippen LogP contribution in [0.15, 0.2) is 84.9 Å². The number of carbonyl (C=O) groups excluding carboxylic acids is 2. The van der Waals surface area contributed by atoms with Crippen LogP contribution in [0.3, 0.4) is 0 Å². The van der Waals surface area contributed by atoms with E-state index in [-0.39, 0.29) is 11.9 Å². The fourth-order valence-corrected chi connectivity index (χ4v) is 3.94. The zero-order valence-corrected chi connectivity index (χ0v) is 17.5. The molecular formula is C26H27N3O2. The highest BCUT2D eigenvalue weighted by molar-refractivity contribution is 6.00. The number of urea groups is 1. The predicted molar refractivity (Wildman–Crippen MR) is 124 cm³/mol. The molecule has 1 aliphatic rings. The van der Waals surface area contributed by atoms with E-state index >= 15 is 0 Å². The lowest BCUT2D eigenvalue weighted by Crippen LogP contribution is -2.51. The Morgan fingerprint density at radius 2 is 1.52 bits per heavy atom. The van der Waals surface area contributed by atoms with E-state index in [2.05, 4.69) is 16.7 Å². The number of nitrogens with one attached hydrogen (secondary N) is 2. The first kappa shape index (κ1) is 20.7. The third-order valence-electron chi connectivity index (χ3n) is 5.54. The SMILES string of the molecule is O=C(Nc1ccccc1)C(Cc1ccccc1)NC(=O)N1CCCCc2ccccc21. The minimum atomic E-state index is -0.689. The van der Waals surface area contributed by atoms with Gasteiger partial charge in [0.1, 0.15) is 6.04 Å². The van der Waals surface area contributed by atoms with Gasteiger partial charge < -0.3 is 10.6 Å². The van der Waals surface area contributed by atoms with Crippen molar-refractivity contribution in [3.8, 4) is 0 Å². The molecule has 0 fully saturated rings. The van der Waals surface area contributed by atoms with Gasteiger partial charge in [0, 0.05) is 24.3 Å². The number of para-hydroxylation sites is 2. The van der Waals surface area contributed by atoms with E-state index in [0.29, 0.717) is 18.7 Å². The molecule has 0 bridgehead atoms. The van der Waals surface area contributed by atoms with Gasteiger partial charge in [-0.2, -0.15) is 0 Å². The van der Waals surface area contributed by atoms with E-state index in [4.69, 9.17) is 0 Å². The van der Waals surface area contributed by atoms with Crippen LogP contribution in [0.4, 0.5) is 16.2 Å². The summed E-state index contributed by atoms with van der Waals surface area (Å²) >= 11 is 0. The molecule has 3 aromatic rings. The van der Waals surface area contributed by atoms with Crippen molar-refractivity contribution in [2.24, 2.45) is 0 Å². The zero-order valence-electron chi connectivity index (χ0n) is 17.5. The molecule has 1 atom stereocenters. The Labute approximate surface area is 183 Å². The standard InChI is InChI=1S/C26H27N3O2/c30-25(27-22-15-5-2-6-16-22)23(19-20-11-3-1-4-12-20)28-26(31)29-18-10-9-14-21-13-7-8-17-24(21)29/h1-8,11-13,15-17,23H,9-10,14,18-19H2,(H,27,30)(H,28,31). The third-order valence-corrected chi connectivity index (χ3v) is 5.54. The first-order valence-corrected chi connectivity index (χ1v) is 10.8. The maximum Gasteiger partial charge on any atom is 0.322 e. The molecule has 5 nitrogen and oxygen atoms in total. The highest BCUT2D eigenvalue weighted by Gasteiger charge is 2.26. The lowest BCUT2D eigenvalue weighted by molar-refractivity contribution is -0.117. The van der Waals surface area contributed by atoms with Crippen molar-refractivity contribution in [3.05, 3.63) is 96.1 Å². The normalized spacial score (nSPS) is 14.1. The Kier molecular flexibility index (Phi) is 6.62. The molecule has 158 valence electrons. The minimum Gasteiger partial charge on any atom is -0.326 e. The summed E-state index contributed by atoms with van der Waals surface area (Å²) in [4.78, 5) is 28.2. The highest BCUT2D eigenvalue weighted by Crippen LogP contribution is 2.26. The van der Waals surface area contributed by atoms with Gasteiger partial charge in [0.05, 0.1) is 0 Å². The summed E-state index contributed by atoms with van der Waals surface area (Å²) in [6, 6.07) is 26.2. The molecule has 1 unspecified atom stereocenters. The number of fused-ring (bicyclic) bond motifs is 1. The quantitative estimate of drug-likeness (QED) is 0.632. The summed E-state index contributed by atoms with van der Waals surface area (Å²) in [5.41, 5.74) is 3.80. The molecule has 0 spiro atoms. The average Bonchev–Trinajstić information content (AvgIpc) is 3.02. The fourth-order valence-electron chi connectivity index (χ4n) is 3.94. The van der Waals surface area contributed by atoms with Gasteiger partial charge in [0.15, 0.2) is 0 Å². The van der Waals surface area contributed by atoms with Gasteiger partial charge in [-0.3, -0.25) is 9.69 Å². The molecule has 3 aromatic carbocycles. The number of hydrogen-bond donors (Lipinski definition) is 2. The molecule has 3 amide bonds. The largest absolute Gasteiger partial charge is 0.326 e. The fraction of sp³-hybridized carbons (Fsp3) is 0.231. The van der Waals surface area contributed by atoms with Gasteiger partial charge in [-0.15, -0.1) is 0 Å². The number of nitrogens with zero attached hydrogens (tertiary/aromatic N) is 1. The number of hydrogen-bond acceptors (Lipinski definition) is 2. The Hall–Kier alpha value is -3.60. The number of anilines is 2. The molecule has 0 radical (unpaired) electrons. The Morgan fingerprint density at radius 1 is 0.839 bits per heavy atom. The van der Waals surface area contributed by atoms with Crippen molar-refractivity contribution >= 4 is 23.3 Å². The van der Waals surface area contributed by atoms with E-state index in [9.17, 15) is 9.59 Å². The third kappa shape index (κ3) is 5.31. The molecular weight excluding hydrogens is 386 g/mol. The number of rotatable bonds is 5. The van der Waals surface area contributed by atoms with Crippen LogP contribution in [-0.2, 0) is 17.6 Å². The van der Waals surface area contributed by atoms with Crippen LogP contribution in [0.2, 0.25) is 0 Å². The van der Waals surface area contributed by atoms with Gasteiger partial charge in [-0.05, 0) is 48.6 Å². The first-order chi connectivity index (χ1) is 15.2. The van der Waals surface area contributed by atoms with Crippen LogP contribution in [-0.4, -0.2) is 24.5 Å². The average molecular weight is 414 g/mol. The van der Waals surface area contributed by atoms with Gasteiger partial charge in [0.25, 0.3) is 0 Å². The summed E-state index contributed by atoms with van der Waals surface area (Å²) in [5, 5.41) is 5.93. The molecule has 2 N–H and O–H groups in total. The summed E-state index contributed by atoms with van der Waals surface area (Å²) in [5.74, 6) is -0.230. The predicted octanol–water partition coefficient (Wildman–Crippen LogP) is 4.79. The highest BCUT2D eigenvalue weighted by atomic mass is 16.2. The van der Waals surface area contributed by atoms with E-state index in [1.165, 1.54) is 5.56 Å². The molecule has 4 rings (SSSR count). The monoisotopic (exact) mass is 413 g/mol. The van der Waals surface area contributed by atoms with Gasteiger partial charge in [-0.1, -0.05) is 66.7 Å². The van der Waals surface area contributed by atoms with Crippen LogP contribution in [0.1, 0.15) is 24.0 Å². The Bertz CT molecular complexity index is 1020. The molecule has 0 aromatic heterocycles. The summed E-state index contributed by atoms with van der Waals surface area (Å²) in [7, 11) is 0. The molecule has 31 heavy (non-hydrogen) atoms. The minimum absolute atomic E-state index is 0.230. The van der Waals surface area contributed by atoms with Crippen LogP contribution in [0.5, 0.6) is 0 Å². The molecule has 1 heterocycles. The Morgan fingerprint density at radius 3 is 2.29 bits per heavy atom. The maximum absolute atomic E-state index is 13.3. The van der Waals surface area contributed by atoms with E-state index < -0.39 is 6.04 Å². The number of carbonyl (C=O) groups is 2. The van der Waals surface area contributed by atoms with Crippen molar-refractivity contribution in [1.29, 1.82) is 0 Å². The number of amides is 3. The molecule has 0 saturated carbocycles. The number of aryl methyl sites for hydroxylation is 1. The lowest BCUT2D eigenvalue weighted by atomic mass is 10.1. The molecule has 0 aliphatic carbocycles. The molecule has 5 heteroatoms. The summed E-state index contributed by atoms with van der Waals surface area (Å²) in [6.07, 6.45) is 3.35. The second-order valence-electron chi connectivity index (χ2n) is 7.78. The zero-order chi connectivity index (χ0) is 21.5. The van der Waals surface area contributed by atoms with E-state index in [0.717, 1.165) is 30.5 Å². The van der Waals surface area contributed by atoms with E-state index in [1.54, 1.807) is 4.90 Å².